The number of methoxy groups -OCH3 is 3. The van der Waals surface area contributed by atoms with Crippen molar-refractivity contribution in [2.45, 2.75) is 31.6 Å². The number of ether oxygens (including phenoxy) is 4. The quantitative estimate of drug-likeness (QED) is 0.156. The van der Waals surface area contributed by atoms with Crippen molar-refractivity contribution in [2.75, 3.05) is 61.3 Å². The minimum absolute atomic E-state index is 0.135. The number of benzene rings is 2. The Kier molecular flexibility index (Phi) is 10.7. The van der Waals surface area contributed by atoms with Crippen LogP contribution in [0.2, 0.25) is 0 Å². The van der Waals surface area contributed by atoms with Crippen molar-refractivity contribution in [3.8, 4) is 29.1 Å². The van der Waals surface area contributed by atoms with Crippen LogP contribution in [0.25, 0.3) is 10.4 Å². The summed E-state index contributed by atoms with van der Waals surface area (Å²) in [5.74, 6) is 3.14. The number of likely N-dealkylation sites (N-methyl/N-ethyl adjacent to an activating group) is 1. The zero-order chi connectivity index (χ0) is 26.6. The molecule has 37 heavy (non-hydrogen) atoms. The molecule has 1 N–H and O–H groups in total. The van der Waals surface area contributed by atoms with Gasteiger partial charge >= 0.3 is 0 Å². The predicted molar refractivity (Wildman–Crippen MR) is 142 cm³/mol. The largest absolute Gasteiger partial charge is 0.493 e. The van der Waals surface area contributed by atoms with Crippen LogP contribution in [0.3, 0.4) is 0 Å². The van der Waals surface area contributed by atoms with Crippen LogP contribution in [0.1, 0.15) is 34.6 Å². The van der Waals surface area contributed by atoms with E-state index in [-0.39, 0.29) is 13.2 Å². The monoisotopic (exact) mass is 508 g/mol. The molecular weight excluding hydrogens is 472 g/mol. The predicted octanol–water partition coefficient (Wildman–Crippen LogP) is 4.22. The van der Waals surface area contributed by atoms with E-state index in [2.05, 4.69) is 45.5 Å². The molecule has 3 rings (SSSR count). The highest BCUT2D eigenvalue weighted by molar-refractivity contribution is 5.53. The Morgan fingerprint density at radius 3 is 2.46 bits per heavy atom. The van der Waals surface area contributed by atoms with Crippen molar-refractivity contribution in [1.29, 1.82) is 5.26 Å². The Balaban J connectivity index is 1.42. The lowest BCUT2D eigenvalue weighted by molar-refractivity contribution is 0.291. The van der Waals surface area contributed by atoms with Crippen LogP contribution < -0.4 is 24.3 Å². The summed E-state index contributed by atoms with van der Waals surface area (Å²) in [6.45, 7) is 3.60. The van der Waals surface area contributed by atoms with E-state index in [1.54, 1.807) is 27.4 Å². The van der Waals surface area contributed by atoms with Gasteiger partial charge in [0.2, 0.25) is 0 Å². The summed E-state index contributed by atoms with van der Waals surface area (Å²) in [7, 11) is 7.08. The number of hydrogen-bond acceptors (Lipinski definition) is 8. The molecule has 0 spiro atoms. The SMILES string of the molecule is COc1cc2c(cc1OC)[C@@H](CN(C)CCCNCCc1cc(OC)c(OCN=[N+]=[N-])cc1CC#N)C2. The molecule has 0 radical (unpaired) electrons. The van der Waals surface area contributed by atoms with Gasteiger partial charge in [-0.15, -0.1) is 0 Å². The molecule has 10 nitrogen and oxygen atoms in total. The molecule has 10 heteroatoms. The van der Waals surface area contributed by atoms with Crippen molar-refractivity contribution >= 4 is 0 Å². The van der Waals surface area contributed by atoms with Gasteiger partial charge in [-0.05, 0) is 98.0 Å². The minimum atomic E-state index is -0.135. The van der Waals surface area contributed by atoms with Crippen molar-refractivity contribution in [3.05, 3.63) is 57.0 Å². The smallest absolute Gasteiger partial charge is 0.167 e. The van der Waals surface area contributed by atoms with Crippen LogP contribution in [0, 0.1) is 11.3 Å². The van der Waals surface area contributed by atoms with E-state index in [0.717, 1.165) is 68.1 Å². The van der Waals surface area contributed by atoms with E-state index in [1.165, 1.54) is 11.1 Å². The zero-order valence-corrected chi connectivity index (χ0v) is 22.1. The summed E-state index contributed by atoms with van der Waals surface area (Å²) in [4.78, 5) is 5.07. The Morgan fingerprint density at radius 1 is 1.05 bits per heavy atom. The Labute approximate surface area is 218 Å². The molecule has 0 amide bonds. The molecule has 1 aliphatic carbocycles. The van der Waals surface area contributed by atoms with Gasteiger partial charge in [0.15, 0.2) is 29.7 Å². The van der Waals surface area contributed by atoms with E-state index in [4.69, 9.17) is 24.5 Å². The standard InChI is InChI=1S/C27H36N6O4/c1-33(17-22-12-21-15-24(34-2)26(36-4)16-23(21)22)11-5-9-30-10-7-20-13-25(35-3)27(37-18-31-32-29)14-19(20)6-8-28/h13-16,22,30H,5-7,9-12,17-18H2,1-4H3/t22-/m1/s1. The second-order valence-corrected chi connectivity index (χ2v) is 9.03. The molecule has 198 valence electrons. The zero-order valence-electron chi connectivity index (χ0n) is 22.1. The maximum absolute atomic E-state index is 9.24. The molecule has 2 aromatic carbocycles. The van der Waals surface area contributed by atoms with Gasteiger partial charge in [-0.2, -0.15) is 5.26 Å². The van der Waals surface area contributed by atoms with Gasteiger partial charge < -0.3 is 29.2 Å². The first kappa shape index (κ1) is 27.9. The topological polar surface area (TPSA) is 125 Å². The van der Waals surface area contributed by atoms with Crippen LogP contribution >= 0.6 is 0 Å². The summed E-state index contributed by atoms with van der Waals surface area (Å²) in [5, 5.41) is 16.1. The second kappa shape index (κ2) is 14.2. The molecule has 0 unspecified atom stereocenters. The van der Waals surface area contributed by atoms with Crippen molar-refractivity contribution in [1.82, 2.24) is 10.2 Å². The van der Waals surface area contributed by atoms with Gasteiger partial charge in [0.05, 0.1) is 33.8 Å². The third-order valence-corrected chi connectivity index (χ3v) is 6.64. The van der Waals surface area contributed by atoms with Crippen molar-refractivity contribution < 1.29 is 18.9 Å². The molecule has 1 atom stereocenters. The van der Waals surface area contributed by atoms with Gasteiger partial charge in [0, 0.05) is 17.4 Å². The molecular formula is C27H36N6O4. The van der Waals surface area contributed by atoms with Crippen LogP contribution in [-0.4, -0.2) is 66.2 Å². The maximum atomic E-state index is 9.24. The van der Waals surface area contributed by atoms with E-state index in [9.17, 15) is 5.26 Å². The summed E-state index contributed by atoms with van der Waals surface area (Å²) >= 11 is 0. The van der Waals surface area contributed by atoms with Gasteiger partial charge in [-0.1, -0.05) is 5.11 Å². The highest BCUT2D eigenvalue weighted by Gasteiger charge is 2.29. The maximum Gasteiger partial charge on any atom is 0.167 e. The van der Waals surface area contributed by atoms with Crippen LogP contribution in [-0.2, 0) is 19.3 Å². The number of nitrogens with zero attached hydrogens (tertiary/aromatic N) is 5. The fraction of sp³-hybridized carbons (Fsp3) is 0.519. The van der Waals surface area contributed by atoms with Gasteiger partial charge in [-0.3, -0.25) is 0 Å². The second-order valence-electron chi connectivity index (χ2n) is 9.03. The Morgan fingerprint density at radius 2 is 1.76 bits per heavy atom. The minimum Gasteiger partial charge on any atom is -0.493 e. The fourth-order valence-corrected chi connectivity index (χ4v) is 4.71. The average Bonchev–Trinajstić information content (AvgIpc) is 2.90. The van der Waals surface area contributed by atoms with E-state index >= 15 is 0 Å². The summed E-state index contributed by atoms with van der Waals surface area (Å²) in [5.41, 5.74) is 13.1. The molecule has 1 aliphatic rings. The van der Waals surface area contributed by atoms with Crippen molar-refractivity contribution in [2.24, 2.45) is 5.11 Å². The van der Waals surface area contributed by atoms with Gasteiger partial charge in [0.25, 0.3) is 0 Å². The van der Waals surface area contributed by atoms with E-state index in [1.807, 2.05) is 6.07 Å². The fourth-order valence-electron chi connectivity index (χ4n) is 4.71. The van der Waals surface area contributed by atoms with Crippen LogP contribution in [0.15, 0.2) is 29.4 Å². The lowest BCUT2D eigenvalue weighted by Crippen LogP contribution is -2.32. The summed E-state index contributed by atoms with van der Waals surface area (Å²) in [6.07, 6.45) is 3.15. The first-order valence-electron chi connectivity index (χ1n) is 12.4. The molecule has 0 bridgehead atoms. The molecule has 0 fully saturated rings. The van der Waals surface area contributed by atoms with Gasteiger partial charge in [-0.25, -0.2) is 0 Å². The number of fused-ring (bicyclic) bond motifs is 1. The molecule has 0 saturated heterocycles. The van der Waals surface area contributed by atoms with E-state index < -0.39 is 0 Å². The highest BCUT2D eigenvalue weighted by atomic mass is 16.5. The number of hydrogen-bond donors (Lipinski definition) is 1. The molecule has 2 aromatic rings. The van der Waals surface area contributed by atoms with E-state index in [0.29, 0.717) is 17.4 Å². The lowest BCUT2D eigenvalue weighted by Gasteiger charge is -2.34. The third-order valence-electron chi connectivity index (χ3n) is 6.64. The summed E-state index contributed by atoms with van der Waals surface area (Å²) < 4.78 is 21.8. The van der Waals surface area contributed by atoms with Crippen LogP contribution in [0.4, 0.5) is 0 Å². The summed E-state index contributed by atoms with van der Waals surface area (Å²) in [6, 6.07) is 10.1. The molecule has 0 aliphatic heterocycles. The Hall–Kier alpha value is -3.64. The molecule has 0 aromatic heterocycles. The molecule has 0 heterocycles. The number of rotatable bonds is 16. The highest BCUT2D eigenvalue weighted by Crippen LogP contribution is 2.42. The first-order chi connectivity index (χ1) is 18.0. The number of azide groups is 1. The van der Waals surface area contributed by atoms with Gasteiger partial charge in [0.1, 0.15) is 0 Å². The lowest BCUT2D eigenvalue weighted by atomic mass is 9.77. The van der Waals surface area contributed by atoms with Crippen molar-refractivity contribution in [3.63, 3.8) is 0 Å². The Bertz CT molecular complexity index is 1140. The number of nitrogens with one attached hydrogen (secondary N) is 1. The first-order valence-corrected chi connectivity index (χ1v) is 12.4. The number of nitriles is 1. The average molecular weight is 509 g/mol. The van der Waals surface area contributed by atoms with Crippen LogP contribution in [0.5, 0.6) is 23.0 Å². The normalized spacial score (nSPS) is 13.7. The molecule has 0 saturated carbocycles. The third kappa shape index (κ3) is 7.43.